The van der Waals surface area contributed by atoms with E-state index in [1.54, 1.807) is 11.9 Å². The maximum Gasteiger partial charge on any atom is 0.240 e. The van der Waals surface area contributed by atoms with E-state index in [4.69, 9.17) is 11.6 Å². The first-order valence-corrected chi connectivity index (χ1v) is 5.51. The summed E-state index contributed by atoms with van der Waals surface area (Å²) in [5.74, 6) is -0.0111. The second kappa shape index (κ2) is 5.76. The van der Waals surface area contributed by atoms with E-state index in [-0.39, 0.29) is 5.91 Å². The molecule has 2 nitrogen and oxygen atoms in total. The number of carbonyl (C=O) groups excluding carboxylic acids is 1. The number of carbonyl (C=O) groups is 1. The number of halogens is 1. The minimum absolute atomic E-state index is 0.0111. The van der Waals surface area contributed by atoms with Crippen molar-refractivity contribution in [3.8, 4) is 0 Å². The Hall–Kier alpha value is -1.02. The Kier molecular flexibility index (Phi) is 4.63. The van der Waals surface area contributed by atoms with Crippen LogP contribution >= 0.6 is 11.6 Å². The first kappa shape index (κ1) is 12.1. The van der Waals surface area contributed by atoms with Crippen LogP contribution in [0.4, 0.5) is 0 Å². The van der Waals surface area contributed by atoms with Crippen LogP contribution in [-0.4, -0.2) is 23.2 Å². The van der Waals surface area contributed by atoms with E-state index < -0.39 is 5.38 Å². The van der Waals surface area contributed by atoms with Crippen LogP contribution in [0.5, 0.6) is 0 Å². The largest absolute Gasteiger partial charge is 0.340 e. The molecule has 82 valence electrons. The van der Waals surface area contributed by atoms with Crippen LogP contribution in [0.15, 0.2) is 30.3 Å². The SMILES string of the molecule is CC[C@@H](Cl)C(=O)N(C)Cc1ccccc1. The van der Waals surface area contributed by atoms with Gasteiger partial charge in [0, 0.05) is 13.6 Å². The molecule has 0 aromatic heterocycles. The minimum atomic E-state index is -0.404. The molecule has 0 unspecified atom stereocenters. The molecule has 1 aromatic rings. The van der Waals surface area contributed by atoms with Gasteiger partial charge in [0.2, 0.25) is 5.91 Å². The Morgan fingerprint density at radius 2 is 2.00 bits per heavy atom. The quantitative estimate of drug-likeness (QED) is 0.722. The summed E-state index contributed by atoms with van der Waals surface area (Å²) in [6.45, 7) is 2.52. The number of benzene rings is 1. The molecule has 0 spiro atoms. The molecule has 3 heteroatoms. The van der Waals surface area contributed by atoms with E-state index in [2.05, 4.69) is 0 Å². The van der Waals surface area contributed by atoms with E-state index in [1.165, 1.54) is 0 Å². The lowest BCUT2D eigenvalue weighted by molar-refractivity contribution is -0.130. The fourth-order valence-corrected chi connectivity index (χ4v) is 1.52. The van der Waals surface area contributed by atoms with Gasteiger partial charge in [0.25, 0.3) is 0 Å². The maximum absolute atomic E-state index is 11.7. The molecule has 1 atom stereocenters. The van der Waals surface area contributed by atoms with E-state index in [0.717, 1.165) is 5.56 Å². The van der Waals surface area contributed by atoms with Gasteiger partial charge >= 0.3 is 0 Å². The van der Waals surface area contributed by atoms with Gasteiger partial charge in [-0.05, 0) is 12.0 Å². The highest BCUT2D eigenvalue weighted by Gasteiger charge is 2.17. The summed E-state index contributed by atoms with van der Waals surface area (Å²) in [6.07, 6.45) is 0.666. The molecule has 0 heterocycles. The average Bonchev–Trinajstić information content (AvgIpc) is 2.28. The van der Waals surface area contributed by atoms with Crippen LogP contribution in [0.3, 0.4) is 0 Å². The van der Waals surface area contributed by atoms with E-state index >= 15 is 0 Å². The topological polar surface area (TPSA) is 20.3 Å². The van der Waals surface area contributed by atoms with Crippen LogP contribution in [0.1, 0.15) is 18.9 Å². The fourth-order valence-electron chi connectivity index (χ4n) is 1.35. The number of rotatable bonds is 4. The number of amides is 1. The normalized spacial score (nSPS) is 12.2. The van der Waals surface area contributed by atoms with Crippen molar-refractivity contribution in [3.05, 3.63) is 35.9 Å². The van der Waals surface area contributed by atoms with Crippen molar-refractivity contribution < 1.29 is 4.79 Å². The van der Waals surface area contributed by atoms with Crippen LogP contribution in [0.25, 0.3) is 0 Å². The lowest BCUT2D eigenvalue weighted by Gasteiger charge is -2.19. The molecule has 0 fully saturated rings. The minimum Gasteiger partial charge on any atom is -0.340 e. The third-order valence-corrected chi connectivity index (χ3v) is 2.76. The lowest BCUT2D eigenvalue weighted by atomic mass is 10.2. The van der Waals surface area contributed by atoms with Crippen LogP contribution < -0.4 is 0 Å². The summed E-state index contributed by atoms with van der Waals surface area (Å²) in [7, 11) is 1.78. The predicted octanol–water partition coefficient (Wildman–Crippen LogP) is 2.66. The average molecular weight is 226 g/mol. The van der Waals surface area contributed by atoms with Crippen LogP contribution in [-0.2, 0) is 11.3 Å². The van der Waals surface area contributed by atoms with Gasteiger partial charge in [0.15, 0.2) is 0 Å². The summed E-state index contributed by atoms with van der Waals surface area (Å²) >= 11 is 5.89. The molecule has 0 saturated heterocycles. The smallest absolute Gasteiger partial charge is 0.240 e. The van der Waals surface area contributed by atoms with Crippen molar-refractivity contribution in [2.75, 3.05) is 7.05 Å². The highest BCUT2D eigenvalue weighted by molar-refractivity contribution is 6.30. The third kappa shape index (κ3) is 3.56. The van der Waals surface area contributed by atoms with Crippen LogP contribution in [0, 0.1) is 0 Å². The Morgan fingerprint density at radius 1 is 1.40 bits per heavy atom. The Labute approximate surface area is 95.8 Å². The van der Waals surface area contributed by atoms with Crippen LogP contribution in [0.2, 0.25) is 0 Å². The number of alkyl halides is 1. The molecule has 1 rings (SSSR count). The summed E-state index contributed by atoms with van der Waals surface area (Å²) in [6, 6.07) is 9.89. The van der Waals surface area contributed by atoms with Crippen molar-refractivity contribution in [2.45, 2.75) is 25.3 Å². The standard InChI is InChI=1S/C12H16ClNO/c1-3-11(13)12(15)14(2)9-10-7-5-4-6-8-10/h4-8,11H,3,9H2,1-2H3/t11-/m1/s1. The molecule has 0 radical (unpaired) electrons. The molecule has 0 saturated carbocycles. The molecular formula is C12H16ClNO. The second-order valence-corrected chi connectivity index (χ2v) is 4.08. The van der Waals surface area contributed by atoms with E-state index in [9.17, 15) is 4.79 Å². The zero-order valence-electron chi connectivity index (χ0n) is 9.11. The van der Waals surface area contributed by atoms with Gasteiger partial charge in [0.1, 0.15) is 5.38 Å². The molecule has 1 amide bonds. The maximum atomic E-state index is 11.7. The first-order valence-electron chi connectivity index (χ1n) is 5.08. The highest BCUT2D eigenvalue weighted by atomic mass is 35.5. The van der Waals surface area contributed by atoms with E-state index in [0.29, 0.717) is 13.0 Å². The molecule has 0 aliphatic rings. The predicted molar refractivity (Wildman–Crippen MR) is 62.8 cm³/mol. The molecule has 0 bridgehead atoms. The molecule has 0 aliphatic heterocycles. The van der Waals surface area contributed by atoms with Gasteiger partial charge in [-0.15, -0.1) is 11.6 Å². The number of hydrogen-bond donors (Lipinski definition) is 0. The summed E-state index contributed by atoms with van der Waals surface area (Å²) < 4.78 is 0. The fraction of sp³-hybridized carbons (Fsp3) is 0.417. The molecule has 1 aromatic carbocycles. The van der Waals surface area contributed by atoms with Gasteiger partial charge < -0.3 is 4.90 Å². The summed E-state index contributed by atoms with van der Waals surface area (Å²) in [5.41, 5.74) is 1.12. The molecule has 15 heavy (non-hydrogen) atoms. The van der Waals surface area contributed by atoms with Crippen molar-refractivity contribution >= 4 is 17.5 Å². The second-order valence-electron chi connectivity index (χ2n) is 3.56. The monoisotopic (exact) mass is 225 g/mol. The van der Waals surface area contributed by atoms with Crippen molar-refractivity contribution in [3.63, 3.8) is 0 Å². The summed E-state index contributed by atoms with van der Waals surface area (Å²) in [4.78, 5) is 13.3. The number of hydrogen-bond acceptors (Lipinski definition) is 1. The van der Waals surface area contributed by atoms with Crippen molar-refractivity contribution in [1.29, 1.82) is 0 Å². The molecule has 0 N–H and O–H groups in total. The Balaban J connectivity index is 2.56. The molecule has 0 aliphatic carbocycles. The van der Waals surface area contributed by atoms with Gasteiger partial charge in [-0.1, -0.05) is 37.3 Å². The molecular weight excluding hydrogens is 210 g/mol. The van der Waals surface area contributed by atoms with E-state index in [1.807, 2.05) is 37.3 Å². The van der Waals surface area contributed by atoms with Crippen molar-refractivity contribution in [2.24, 2.45) is 0 Å². The zero-order chi connectivity index (χ0) is 11.3. The van der Waals surface area contributed by atoms with Gasteiger partial charge in [0.05, 0.1) is 0 Å². The Morgan fingerprint density at radius 3 is 2.53 bits per heavy atom. The highest BCUT2D eigenvalue weighted by Crippen LogP contribution is 2.09. The number of nitrogens with zero attached hydrogens (tertiary/aromatic N) is 1. The lowest BCUT2D eigenvalue weighted by Crippen LogP contribution is -2.32. The Bertz CT molecular complexity index is 313. The van der Waals surface area contributed by atoms with Gasteiger partial charge in [-0.25, -0.2) is 0 Å². The summed E-state index contributed by atoms with van der Waals surface area (Å²) in [5, 5.41) is -0.404. The van der Waals surface area contributed by atoms with Gasteiger partial charge in [-0.2, -0.15) is 0 Å². The van der Waals surface area contributed by atoms with Crippen molar-refractivity contribution in [1.82, 2.24) is 4.90 Å². The first-order chi connectivity index (χ1) is 7.15. The van der Waals surface area contributed by atoms with Gasteiger partial charge in [-0.3, -0.25) is 4.79 Å². The zero-order valence-corrected chi connectivity index (χ0v) is 9.87. The third-order valence-electron chi connectivity index (χ3n) is 2.27.